The van der Waals surface area contributed by atoms with Gasteiger partial charge in [-0.05, 0) is 31.0 Å². The van der Waals surface area contributed by atoms with E-state index in [9.17, 15) is 8.42 Å². The van der Waals surface area contributed by atoms with Crippen LogP contribution in [-0.4, -0.2) is 48.2 Å². The first-order chi connectivity index (χ1) is 10.9. The summed E-state index contributed by atoms with van der Waals surface area (Å²) >= 11 is 0. The number of aryl methyl sites for hydroxylation is 1. The van der Waals surface area contributed by atoms with Crippen LogP contribution in [0.25, 0.3) is 0 Å². The zero-order valence-electron chi connectivity index (χ0n) is 13.1. The number of sulfone groups is 1. The van der Waals surface area contributed by atoms with E-state index in [1.165, 1.54) is 0 Å². The number of hydrogen-bond donors (Lipinski definition) is 1. The molecule has 1 fully saturated rings. The summed E-state index contributed by atoms with van der Waals surface area (Å²) in [5.41, 5.74) is 2.06. The molecule has 0 radical (unpaired) electrons. The highest BCUT2D eigenvalue weighted by molar-refractivity contribution is 7.91. The average molecular weight is 333 g/mol. The maximum absolute atomic E-state index is 11.6. The van der Waals surface area contributed by atoms with E-state index in [-0.39, 0.29) is 17.5 Å². The topological polar surface area (TPSA) is 88.1 Å². The summed E-state index contributed by atoms with van der Waals surface area (Å²) in [7, 11) is -1.14. The predicted molar refractivity (Wildman–Crippen MR) is 89.8 cm³/mol. The molecule has 1 aliphatic heterocycles. The summed E-state index contributed by atoms with van der Waals surface area (Å²) in [4.78, 5) is 6.23. The SMILES string of the molecule is Cc1cccc(Nc2cnnc(N(C)C3CCS(=O)(=O)C3)n2)c1. The first kappa shape index (κ1) is 15.7. The quantitative estimate of drug-likeness (QED) is 0.908. The van der Waals surface area contributed by atoms with Crippen LogP contribution in [0, 0.1) is 6.92 Å². The molecule has 1 saturated heterocycles. The maximum atomic E-state index is 11.6. The summed E-state index contributed by atoms with van der Waals surface area (Å²) < 4.78 is 23.2. The van der Waals surface area contributed by atoms with Crippen LogP contribution < -0.4 is 10.2 Å². The molecule has 1 N–H and O–H groups in total. The van der Waals surface area contributed by atoms with Gasteiger partial charge in [0.05, 0.1) is 17.7 Å². The standard InChI is InChI=1S/C15H19N5O2S/c1-11-4-3-5-12(8-11)17-14-9-16-19-15(18-14)20(2)13-6-7-23(21,22)10-13/h3-5,8-9,13H,6-7,10H2,1-2H3,(H,17,18,19). The Hall–Kier alpha value is -2.22. The normalized spacial score (nSPS) is 19.5. The Morgan fingerprint density at radius 3 is 2.87 bits per heavy atom. The van der Waals surface area contributed by atoms with Crippen molar-refractivity contribution in [2.24, 2.45) is 0 Å². The highest BCUT2D eigenvalue weighted by Gasteiger charge is 2.31. The van der Waals surface area contributed by atoms with E-state index < -0.39 is 9.84 Å². The number of rotatable bonds is 4. The van der Waals surface area contributed by atoms with Crippen molar-refractivity contribution in [2.75, 3.05) is 28.8 Å². The summed E-state index contributed by atoms with van der Waals surface area (Å²) in [6.45, 7) is 2.02. The van der Waals surface area contributed by atoms with Crippen molar-refractivity contribution in [2.45, 2.75) is 19.4 Å². The second-order valence-corrected chi connectivity index (χ2v) is 8.03. The van der Waals surface area contributed by atoms with E-state index in [2.05, 4.69) is 20.5 Å². The molecule has 8 heteroatoms. The first-order valence-electron chi connectivity index (χ1n) is 7.40. The Balaban J connectivity index is 1.77. The van der Waals surface area contributed by atoms with E-state index in [4.69, 9.17) is 0 Å². The van der Waals surface area contributed by atoms with Crippen molar-refractivity contribution >= 4 is 27.3 Å². The molecule has 1 aromatic carbocycles. The lowest BCUT2D eigenvalue weighted by Crippen LogP contribution is -2.34. The van der Waals surface area contributed by atoms with Crippen molar-refractivity contribution in [3.8, 4) is 0 Å². The van der Waals surface area contributed by atoms with Gasteiger partial charge in [-0.25, -0.2) is 8.42 Å². The van der Waals surface area contributed by atoms with Gasteiger partial charge in [0, 0.05) is 18.8 Å². The van der Waals surface area contributed by atoms with Crippen LogP contribution in [0.2, 0.25) is 0 Å². The van der Waals surface area contributed by atoms with Gasteiger partial charge in [-0.3, -0.25) is 0 Å². The largest absolute Gasteiger partial charge is 0.339 e. The van der Waals surface area contributed by atoms with Gasteiger partial charge in [0.2, 0.25) is 5.95 Å². The predicted octanol–water partition coefficient (Wildman–Crippen LogP) is 1.55. The Labute approximate surface area is 135 Å². The highest BCUT2D eigenvalue weighted by atomic mass is 32.2. The zero-order valence-corrected chi connectivity index (χ0v) is 13.9. The van der Waals surface area contributed by atoms with E-state index in [0.717, 1.165) is 11.3 Å². The number of nitrogens with zero attached hydrogens (tertiary/aromatic N) is 4. The van der Waals surface area contributed by atoms with Gasteiger partial charge in [0.25, 0.3) is 0 Å². The molecule has 1 aliphatic rings. The van der Waals surface area contributed by atoms with Crippen LogP contribution in [0.15, 0.2) is 30.5 Å². The lowest BCUT2D eigenvalue weighted by atomic mass is 10.2. The molecule has 1 unspecified atom stereocenters. The number of anilines is 3. The van der Waals surface area contributed by atoms with E-state index in [0.29, 0.717) is 18.2 Å². The van der Waals surface area contributed by atoms with E-state index in [1.54, 1.807) is 18.1 Å². The Bertz CT molecular complexity index is 809. The van der Waals surface area contributed by atoms with Crippen molar-refractivity contribution in [1.82, 2.24) is 15.2 Å². The minimum atomic E-state index is -2.95. The average Bonchev–Trinajstić information content (AvgIpc) is 2.87. The van der Waals surface area contributed by atoms with Crippen LogP contribution in [-0.2, 0) is 9.84 Å². The molecule has 2 aromatic rings. The maximum Gasteiger partial charge on any atom is 0.247 e. The van der Waals surface area contributed by atoms with Gasteiger partial charge < -0.3 is 10.2 Å². The van der Waals surface area contributed by atoms with Crippen molar-refractivity contribution in [3.63, 3.8) is 0 Å². The molecule has 1 atom stereocenters. The van der Waals surface area contributed by atoms with Crippen LogP contribution in [0.3, 0.4) is 0 Å². The summed E-state index contributed by atoms with van der Waals surface area (Å²) in [5.74, 6) is 1.36. The smallest absolute Gasteiger partial charge is 0.247 e. The van der Waals surface area contributed by atoms with Gasteiger partial charge in [0.1, 0.15) is 0 Å². The van der Waals surface area contributed by atoms with Gasteiger partial charge in [-0.2, -0.15) is 10.1 Å². The van der Waals surface area contributed by atoms with Crippen molar-refractivity contribution in [1.29, 1.82) is 0 Å². The van der Waals surface area contributed by atoms with Crippen LogP contribution in [0.1, 0.15) is 12.0 Å². The number of aromatic nitrogens is 3. The third kappa shape index (κ3) is 3.76. The zero-order chi connectivity index (χ0) is 16.4. The molecule has 0 saturated carbocycles. The molecule has 3 rings (SSSR count). The van der Waals surface area contributed by atoms with Crippen LogP contribution in [0.5, 0.6) is 0 Å². The molecule has 0 amide bonds. The number of benzene rings is 1. The molecule has 1 aromatic heterocycles. The summed E-state index contributed by atoms with van der Waals surface area (Å²) in [5, 5.41) is 11.2. The molecule has 23 heavy (non-hydrogen) atoms. The van der Waals surface area contributed by atoms with Gasteiger partial charge in [-0.1, -0.05) is 12.1 Å². The number of hydrogen-bond acceptors (Lipinski definition) is 7. The molecule has 0 aliphatic carbocycles. The van der Waals surface area contributed by atoms with Gasteiger partial charge >= 0.3 is 0 Å². The van der Waals surface area contributed by atoms with Crippen molar-refractivity contribution < 1.29 is 8.42 Å². The lowest BCUT2D eigenvalue weighted by Gasteiger charge is -2.22. The van der Waals surface area contributed by atoms with Crippen LogP contribution >= 0.6 is 0 Å². The second kappa shape index (κ2) is 6.11. The second-order valence-electron chi connectivity index (χ2n) is 5.80. The van der Waals surface area contributed by atoms with E-state index >= 15 is 0 Å². The first-order valence-corrected chi connectivity index (χ1v) is 9.22. The molecule has 7 nitrogen and oxygen atoms in total. The molecular formula is C15H19N5O2S. The summed E-state index contributed by atoms with van der Waals surface area (Å²) in [6, 6.07) is 7.83. The third-order valence-corrected chi connectivity index (χ3v) is 5.66. The van der Waals surface area contributed by atoms with Crippen LogP contribution in [0.4, 0.5) is 17.5 Å². The highest BCUT2D eigenvalue weighted by Crippen LogP contribution is 2.21. The molecular weight excluding hydrogens is 314 g/mol. The molecule has 122 valence electrons. The monoisotopic (exact) mass is 333 g/mol. The number of nitrogens with one attached hydrogen (secondary N) is 1. The lowest BCUT2D eigenvalue weighted by molar-refractivity contribution is 0.600. The Morgan fingerprint density at radius 2 is 2.17 bits per heavy atom. The Kier molecular flexibility index (Phi) is 4.16. The minimum Gasteiger partial charge on any atom is -0.339 e. The fourth-order valence-corrected chi connectivity index (χ4v) is 4.39. The Morgan fingerprint density at radius 1 is 1.35 bits per heavy atom. The third-order valence-electron chi connectivity index (χ3n) is 3.91. The van der Waals surface area contributed by atoms with Gasteiger partial charge in [-0.15, -0.1) is 5.10 Å². The van der Waals surface area contributed by atoms with Gasteiger partial charge in [0.15, 0.2) is 15.7 Å². The molecule has 2 heterocycles. The molecule has 0 bridgehead atoms. The van der Waals surface area contributed by atoms with Crippen molar-refractivity contribution in [3.05, 3.63) is 36.0 Å². The minimum absolute atomic E-state index is 0.101. The fraction of sp³-hybridized carbons (Fsp3) is 0.400. The van der Waals surface area contributed by atoms with E-state index in [1.807, 2.05) is 31.2 Å². The summed E-state index contributed by atoms with van der Waals surface area (Å²) in [6.07, 6.45) is 2.14. The molecule has 0 spiro atoms. The fourth-order valence-electron chi connectivity index (χ4n) is 2.62.